The fourth-order valence-electron chi connectivity index (χ4n) is 2.64. The second-order valence-corrected chi connectivity index (χ2v) is 5.69. The molecule has 0 amide bonds. The van der Waals surface area contributed by atoms with E-state index in [0.717, 1.165) is 18.0 Å². The van der Waals surface area contributed by atoms with Crippen LogP contribution in [0.2, 0.25) is 5.02 Å². The van der Waals surface area contributed by atoms with Gasteiger partial charge >= 0.3 is 0 Å². The minimum Gasteiger partial charge on any atom is -0.299 e. The topological polar surface area (TPSA) is 12.0 Å². The highest BCUT2D eigenvalue weighted by Gasteiger charge is 2.38. The molecule has 0 saturated heterocycles. The molecule has 1 atom stereocenters. The molecule has 17 heavy (non-hydrogen) atoms. The number of nitrogens with one attached hydrogen (secondary N) is 1. The van der Waals surface area contributed by atoms with Crippen molar-refractivity contribution < 1.29 is 0 Å². The van der Waals surface area contributed by atoms with Crippen LogP contribution < -0.4 is 5.32 Å². The predicted octanol–water partition coefficient (Wildman–Crippen LogP) is 3.58. The highest BCUT2D eigenvalue weighted by Crippen LogP contribution is 2.45. The van der Waals surface area contributed by atoms with Crippen molar-refractivity contribution in [1.29, 1.82) is 0 Å². The summed E-state index contributed by atoms with van der Waals surface area (Å²) in [6.07, 6.45) is 1.09. The zero-order chi connectivity index (χ0) is 12.5. The van der Waals surface area contributed by atoms with Gasteiger partial charge in [-0.2, -0.15) is 0 Å². The maximum atomic E-state index is 6.09. The molecule has 1 N–H and O–H groups in total. The zero-order valence-electron chi connectivity index (χ0n) is 10.6. The minimum atomic E-state index is 0.225. The van der Waals surface area contributed by atoms with Crippen LogP contribution in [0.5, 0.6) is 0 Å². The second kappa shape index (κ2) is 4.72. The van der Waals surface area contributed by atoms with Crippen LogP contribution >= 0.6 is 11.6 Å². The van der Waals surface area contributed by atoms with Crippen LogP contribution in [0, 0.1) is 17.3 Å². The van der Waals surface area contributed by atoms with Gasteiger partial charge in [-0.3, -0.25) is 5.32 Å². The smallest absolute Gasteiger partial charge is 0.0581 e. The van der Waals surface area contributed by atoms with Crippen molar-refractivity contribution in [2.45, 2.75) is 33.2 Å². The van der Waals surface area contributed by atoms with Crippen LogP contribution in [0.1, 0.15) is 37.9 Å². The van der Waals surface area contributed by atoms with Crippen molar-refractivity contribution in [2.75, 3.05) is 6.54 Å². The Hall–Kier alpha value is -0.970. The molecule has 0 radical (unpaired) electrons. The van der Waals surface area contributed by atoms with Gasteiger partial charge in [-0.05, 0) is 42.0 Å². The Morgan fingerprint density at radius 2 is 2.24 bits per heavy atom. The Balaban J connectivity index is 2.29. The van der Waals surface area contributed by atoms with Gasteiger partial charge in [0.2, 0.25) is 0 Å². The molecular weight excluding hydrogens is 230 g/mol. The molecule has 0 aliphatic heterocycles. The molecule has 90 valence electrons. The van der Waals surface area contributed by atoms with Gasteiger partial charge in [-0.15, -0.1) is 5.92 Å². The van der Waals surface area contributed by atoms with Gasteiger partial charge < -0.3 is 0 Å². The summed E-state index contributed by atoms with van der Waals surface area (Å²) in [6.45, 7) is 7.18. The zero-order valence-corrected chi connectivity index (χ0v) is 11.4. The Labute approximate surface area is 109 Å². The number of halogens is 1. The molecular formula is C15H18ClN. The van der Waals surface area contributed by atoms with Crippen LogP contribution in [-0.4, -0.2) is 6.54 Å². The van der Waals surface area contributed by atoms with E-state index in [1.54, 1.807) is 0 Å². The summed E-state index contributed by atoms with van der Waals surface area (Å²) in [7, 11) is 0. The van der Waals surface area contributed by atoms with Crippen molar-refractivity contribution in [3.63, 3.8) is 0 Å². The molecule has 0 spiro atoms. The number of hydrogen-bond acceptors (Lipinski definition) is 1. The van der Waals surface area contributed by atoms with Gasteiger partial charge in [0.15, 0.2) is 0 Å². The molecule has 1 aliphatic carbocycles. The van der Waals surface area contributed by atoms with Crippen molar-refractivity contribution in [1.82, 2.24) is 5.32 Å². The fraction of sp³-hybridized carbons (Fsp3) is 0.467. The molecule has 1 nitrogen and oxygen atoms in total. The van der Waals surface area contributed by atoms with E-state index in [-0.39, 0.29) is 5.41 Å². The monoisotopic (exact) mass is 247 g/mol. The number of hydrogen-bond donors (Lipinski definition) is 1. The van der Waals surface area contributed by atoms with E-state index in [0.29, 0.717) is 6.04 Å². The van der Waals surface area contributed by atoms with Gasteiger partial charge in [0.05, 0.1) is 6.54 Å². The van der Waals surface area contributed by atoms with Gasteiger partial charge in [-0.1, -0.05) is 37.4 Å². The van der Waals surface area contributed by atoms with Crippen molar-refractivity contribution in [2.24, 2.45) is 5.41 Å². The third-order valence-electron chi connectivity index (χ3n) is 3.42. The molecule has 0 bridgehead atoms. The van der Waals surface area contributed by atoms with Crippen LogP contribution in [0.3, 0.4) is 0 Å². The van der Waals surface area contributed by atoms with Crippen molar-refractivity contribution >= 4 is 11.6 Å². The molecule has 0 heterocycles. The molecule has 1 aliphatic rings. The molecule has 2 rings (SSSR count). The van der Waals surface area contributed by atoms with E-state index in [4.69, 9.17) is 11.6 Å². The molecule has 0 saturated carbocycles. The molecule has 1 unspecified atom stereocenters. The lowest BCUT2D eigenvalue weighted by atomic mass is 9.85. The third-order valence-corrected chi connectivity index (χ3v) is 3.65. The summed E-state index contributed by atoms with van der Waals surface area (Å²) in [5.74, 6) is 5.98. The Morgan fingerprint density at radius 1 is 1.47 bits per heavy atom. The molecule has 0 fully saturated rings. The van der Waals surface area contributed by atoms with E-state index < -0.39 is 0 Å². The maximum Gasteiger partial charge on any atom is 0.0581 e. The first kappa shape index (κ1) is 12.5. The average Bonchev–Trinajstić information content (AvgIpc) is 2.50. The van der Waals surface area contributed by atoms with E-state index in [9.17, 15) is 0 Å². The predicted molar refractivity (Wildman–Crippen MR) is 73.1 cm³/mol. The van der Waals surface area contributed by atoms with Crippen molar-refractivity contribution in [3.8, 4) is 11.8 Å². The van der Waals surface area contributed by atoms with Crippen LogP contribution in [0.4, 0.5) is 0 Å². The summed E-state index contributed by atoms with van der Waals surface area (Å²) in [4.78, 5) is 0. The van der Waals surface area contributed by atoms with Gasteiger partial charge in [0.25, 0.3) is 0 Å². The molecule has 1 aromatic rings. The third kappa shape index (κ3) is 2.49. The summed E-state index contributed by atoms with van der Waals surface area (Å²) in [6, 6.07) is 6.55. The molecule has 2 heteroatoms. The normalized spacial score (nSPS) is 20.6. The fourth-order valence-corrected chi connectivity index (χ4v) is 2.82. The quantitative estimate of drug-likeness (QED) is 0.788. The lowest BCUT2D eigenvalue weighted by Gasteiger charge is -2.28. The van der Waals surface area contributed by atoms with E-state index in [1.165, 1.54) is 11.1 Å². The number of rotatable bonds is 2. The number of benzene rings is 1. The van der Waals surface area contributed by atoms with Gasteiger partial charge in [0, 0.05) is 11.1 Å². The van der Waals surface area contributed by atoms with E-state index in [2.05, 4.69) is 43.1 Å². The van der Waals surface area contributed by atoms with E-state index in [1.807, 2.05) is 13.0 Å². The first-order valence-electron chi connectivity index (χ1n) is 5.96. The lowest BCUT2D eigenvalue weighted by molar-refractivity contribution is 0.277. The van der Waals surface area contributed by atoms with Crippen molar-refractivity contribution in [3.05, 3.63) is 34.3 Å². The Kier molecular flexibility index (Phi) is 3.47. The van der Waals surface area contributed by atoms with Crippen LogP contribution in [-0.2, 0) is 6.42 Å². The number of fused-ring (bicyclic) bond motifs is 1. The highest BCUT2D eigenvalue weighted by molar-refractivity contribution is 6.30. The SMILES string of the molecule is CC#CCNC1c2cc(Cl)ccc2CC1(C)C. The maximum absolute atomic E-state index is 6.09. The Bertz CT molecular complexity index is 479. The largest absolute Gasteiger partial charge is 0.299 e. The van der Waals surface area contributed by atoms with Gasteiger partial charge in [-0.25, -0.2) is 0 Å². The average molecular weight is 248 g/mol. The molecule has 0 aromatic heterocycles. The van der Waals surface area contributed by atoms with E-state index >= 15 is 0 Å². The minimum absolute atomic E-state index is 0.225. The molecule has 1 aromatic carbocycles. The summed E-state index contributed by atoms with van der Waals surface area (Å²) in [5, 5.41) is 4.34. The summed E-state index contributed by atoms with van der Waals surface area (Å²) in [5.41, 5.74) is 2.96. The van der Waals surface area contributed by atoms with Crippen LogP contribution in [0.25, 0.3) is 0 Å². The lowest BCUT2D eigenvalue weighted by Crippen LogP contribution is -2.31. The first-order chi connectivity index (χ1) is 8.04. The second-order valence-electron chi connectivity index (χ2n) is 5.25. The summed E-state index contributed by atoms with van der Waals surface area (Å²) < 4.78 is 0. The first-order valence-corrected chi connectivity index (χ1v) is 6.34. The van der Waals surface area contributed by atoms with Gasteiger partial charge in [0.1, 0.15) is 0 Å². The highest BCUT2D eigenvalue weighted by atomic mass is 35.5. The Morgan fingerprint density at radius 3 is 2.94 bits per heavy atom. The van der Waals surface area contributed by atoms with Crippen LogP contribution in [0.15, 0.2) is 18.2 Å². The standard InChI is InChI=1S/C15H18ClN/c1-4-5-8-17-14-13-9-12(16)7-6-11(13)10-15(14,2)3/h6-7,9,14,17H,8,10H2,1-3H3. The summed E-state index contributed by atoms with van der Waals surface area (Å²) >= 11 is 6.09.